The van der Waals surface area contributed by atoms with E-state index in [2.05, 4.69) is 5.32 Å². The fourth-order valence-corrected chi connectivity index (χ4v) is 3.20. The summed E-state index contributed by atoms with van der Waals surface area (Å²) in [7, 11) is -3.70. The molecule has 2 aromatic rings. The van der Waals surface area contributed by atoms with Gasteiger partial charge in [-0.2, -0.15) is 0 Å². The van der Waals surface area contributed by atoms with E-state index < -0.39 is 21.9 Å². The molecule has 0 aromatic heterocycles. The van der Waals surface area contributed by atoms with Crippen molar-refractivity contribution in [3.05, 3.63) is 59.7 Å². The summed E-state index contributed by atoms with van der Waals surface area (Å²) in [4.78, 5) is 24.0. The van der Waals surface area contributed by atoms with Crippen molar-refractivity contribution < 1.29 is 22.7 Å². The van der Waals surface area contributed by atoms with Gasteiger partial charge in [-0.25, -0.2) is 13.2 Å². The quantitative estimate of drug-likeness (QED) is 0.734. The van der Waals surface area contributed by atoms with Crippen LogP contribution in [-0.2, 0) is 19.6 Å². The molecule has 0 aliphatic heterocycles. The van der Waals surface area contributed by atoms with Crippen molar-refractivity contribution in [1.29, 1.82) is 0 Å². The van der Waals surface area contributed by atoms with Crippen molar-refractivity contribution in [1.82, 2.24) is 0 Å². The van der Waals surface area contributed by atoms with Crippen LogP contribution in [0.5, 0.6) is 0 Å². The predicted molar refractivity (Wildman–Crippen MR) is 104 cm³/mol. The summed E-state index contributed by atoms with van der Waals surface area (Å²) >= 11 is 0. The summed E-state index contributed by atoms with van der Waals surface area (Å²) in [5.74, 6) is -0.967. The minimum atomic E-state index is -3.70. The van der Waals surface area contributed by atoms with Gasteiger partial charge in [-0.1, -0.05) is 17.7 Å². The van der Waals surface area contributed by atoms with Crippen molar-refractivity contribution in [2.75, 3.05) is 29.0 Å². The molecule has 0 bridgehead atoms. The highest BCUT2D eigenvalue weighted by molar-refractivity contribution is 7.92. The predicted octanol–water partition coefficient (Wildman–Crippen LogP) is 2.58. The van der Waals surface area contributed by atoms with Gasteiger partial charge in [0.25, 0.3) is 0 Å². The normalized spacial score (nSPS) is 10.9. The van der Waals surface area contributed by atoms with Crippen molar-refractivity contribution in [2.45, 2.75) is 13.8 Å². The molecular weight excluding hydrogens is 368 g/mol. The number of hydrogen-bond donors (Lipinski definition) is 1. The number of carbonyl (C=O) groups excluding carboxylic acids is 2. The molecule has 0 atom stereocenters. The molecule has 0 saturated heterocycles. The average Bonchev–Trinajstić information content (AvgIpc) is 2.61. The van der Waals surface area contributed by atoms with E-state index in [0.29, 0.717) is 11.3 Å². The van der Waals surface area contributed by atoms with Crippen molar-refractivity contribution >= 4 is 33.3 Å². The lowest BCUT2D eigenvalue weighted by molar-refractivity contribution is -0.114. The third-order valence-corrected chi connectivity index (χ3v) is 4.83. The third kappa shape index (κ3) is 5.82. The molecule has 27 heavy (non-hydrogen) atoms. The number of carbonyl (C=O) groups is 2. The van der Waals surface area contributed by atoms with E-state index in [4.69, 9.17) is 4.74 Å². The van der Waals surface area contributed by atoms with E-state index >= 15 is 0 Å². The van der Waals surface area contributed by atoms with E-state index in [1.54, 1.807) is 19.1 Å². The molecule has 0 radical (unpaired) electrons. The minimum Gasteiger partial charge on any atom is -0.462 e. The first kappa shape index (κ1) is 20.4. The zero-order valence-corrected chi connectivity index (χ0v) is 16.2. The summed E-state index contributed by atoms with van der Waals surface area (Å²) in [6.07, 6.45) is 1.02. The van der Waals surface area contributed by atoms with Gasteiger partial charge >= 0.3 is 5.97 Å². The van der Waals surface area contributed by atoms with E-state index in [-0.39, 0.29) is 18.8 Å². The van der Waals surface area contributed by atoms with Crippen molar-refractivity contribution in [2.24, 2.45) is 0 Å². The standard InChI is InChI=1S/C19H22N2O5S/c1-4-26-19(23)15-7-11-17(12-8-15)21(27(3,24)25)13-18(22)20-16-9-5-14(2)6-10-16/h5-12H,4,13H2,1-3H3,(H,20,22). The van der Waals surface area contributed by atoms with Crippen LogP contribution in [0.25, 0.3) is 0 Å². The molecule has 7 nitrogen and oxygen atoms in total. The monoisotopic (exact) mass is 390 g/mol. The second-order valence-electron chi connectivity index (χ2n) is 5.95. The number of ether oxygens (including phenoxy) is 1. The smallest absolute Gasteiger partial charge is 0.338 e. The second-order valence-corrected chi connectivity index (χ2v) is 7.86. The largest absolute Gasteiger partial charge is 0.462 e. The number of nitrogens with zero attached hydrogens (tertiary/aromatic N) is 1. The highest BCUT2D eigenvalue weighted by Gasteiger charge is 2.21. The molecule has 1 amide bonds. The summed E-state index contributed by atoms with van der Waals surface area (Å²) < 4.78 is 30.2. The lowest BCUT2D eigenvalue weighted by atomic mass is 10.2. The number of anilines is 2. The molecule has 0 fully saturated rings. The molecule has 144 valence electrons. The molecule has 0 unspecified atom stereocenters. The van der Waals surface area contributed by atoms with Crippen LogP contribution in [0.1, 0.15) is 22.8 Å². The number of hydrogen-bond acceptors (Lipinski definition) is 5. The zero-order chi connectivity index (χ0) is 20.0. The molecule has 0 saturated carbocycles. The Morgan fingerprint density at radius 1 is 1.04 bits per heavy atom. The maximum absolute atomic E-state index is 12.3. The Morgan fingerprint density at radius 2 is 1.63 bits per heavy atom. The number of benzene rings is 2. The topological polar surface area (TPSA) is 92.8 Å². The molecule has 0 aliphatic carbocycles. The molecule has 2 aromatic carbocycles. The Kier molecular flexibility index (Phi) is 6.57. The highest BCUT2D eigenvalue weighted by atomic mass is 32.2. The van der Waals surface area contributed by atoms with Gasteiger partial charge in [0.1, 0.15) is 6.54 Å². The number of rotatable bonds is 7. The van der Waals surface area contributed by atoms with Gasteiger partial charge < -0.3 is 10.1 Å². The number of nitrogens with one attached hydrogen (secondary N) is 1. The van der Waals surface area contributed by atoms with E-state index in [1.165, 1.54) is 24.3 Å². The van der Waals surface area contributed by atoms with Gasteiger partial charge in [-0.05, 0) is 50.2 Å². The van der Waals surface area contributed by atoms with Gasteiger partial charge in [-0.3, -0.25) is 9.10 Å². The molecule has 1 N–H and O–H groups in total. The zero-order valence-electron chi connectivity index (χ0n) is 15.4. The van der Waals surface area contributed by atoms with Crippen LogP contribution in [0, 0.1) is 6.92 Å². The van der Waals surface area contributed by atoms with Crippen LogP contribution in [-0.4, -0.2) is 39.7 Å². The molecule has 0 heterocycles. The van der Waals surface area contributed by atoms with Crippen molar-refractivity contribution in [3.63, 3.8) is 0 Å². The summed E-state index contributed by atoms with van der Waals surface area (Å²) in [6, 6.07) is 13.0. The van der Waals surface area contributed by atoms with Gasteiger partial charge in [0, 0.05) is 5.69 Å². The Balaban J connectivity index is 2.16. The van der Waals surface area contributed by atoms with Gasteiger partial charge in [-0.15, -0.1) is 0 Å². The fourth-order valence-electron chi connectivity index (χ4n) is 2.35. The second kappa shape index (κ2) is 8.68. The number of amides is 1. The molecule has 8 heteroatoms. The van der Waals surface area contributed by atoms with Crippen LogP contribution in [0.4, 0.5) is 11.4 Å². The summed E-state index contributed by atoms with van der Waals surface area (Å²) in [6.45, 7) is 3.49. The Bertz CT molecular complexity index is 906. The van der Waals surface area contributed by atoms with Crippen molar-refractivity contribution in [3.8, 4) is 0 Å². The highest BCUT2D eigenvalue weighted by Crippen LogP contribution is 2.19. The van der Waals surface area contributed by atoms with Crippen LogP contribution < -0.4 is 9.62 Å². The minimum absolute atomic E-state index is 0.245. The molecular formula is C19H22N2O5S. The van der Waals surface area contributed by atoms with Crippen LogP contribution in [0.15, 0.2) is 48.5 Å². The molecule has 0 aliphatic rings. The lowest BCUT2D eigenvalue weighted by Gasteiger charge is -2.22. The maximum Gasteiger partial charge on any atom is 0.338 e. The number of esters is 1. The first-order valence-corrected chi connectivity index (χ1v) is 10.2. The van der Waals surface area contributed by atoms with Gasteiger partial charge in [0.2, 0.25) is 15.9 Å². The van der Waals surface area contributed by atoms with Gasteiger partial charge in [0.05, 0.1) is 24.1 Å². The van der Waals surface area contributed by atoms with Crippen LogP contribution >= 0.6 is 0 Å². The Labute approximate surface area is 159 Å². The molecule has 0 spiro atoms. The first-order valence-electron chi connectivity index (χ1n) is 8.32. The molecule has 2 rings (SSSR count). The van der Waals surface area contributed by atoms with Crippen LogP contribution in [0.2, 0.25) is 0 Å². The van der Waals surface area contributed by atoms with E-state index in [0.717, 1.165) is 16.1 Å². The number of sulfonamides is 1. The first-order chi connectivity index (χ1) is 12.7. The Hall–Kier alpha value is -2.87. The van der Waals surface area contributed by atoms with E-state index in [1.807, 2.05) is 19.1 Å². The summed E-state index contributed by atoms with van der Waals surface area (Å²) in [5, 5.41) is 2.67. The SMILES string of the molecule is CCOC(=O)c1ccc(N(CC(=O)Nc2ccc(C)cc2)S(C)(=O)=O)cc1. The number of aryl methyl sites for hydroxylation is 1. The van der Waals surface area contributed by atoms with E-state index in [9.17, 15) is 18.0 Å². The van der Waals surface area contributed by atoms with Crippen LogP contribution in [0.3, 0.4) is 0 Å². The average molecular weight is 390 g/mol. The van der Waals surface area contributed by atoms with Gasteiger partial charge in [0.15, 0.2) is 0 Å². The maximum atomic E-state index is 12.3. The summed E-state index contributed by atoms with van der Waals surface area (Å²) in [5.41, 5.74) is 2.21. The lowest BCUT2D eigenvalue weighted by Crippen LogP contribution is -2.37. The third-order valence-electron chi connectivity index (χ3n) is 3.69. The Morgan fingerprint density at radius 3 is 2.15 bits per heavy atom. The fraction of sp³-hybridized carbons (Fsp3) is 0.263.